The third-order valence-corrected chi connectivity index (χ3v) is 3.24. The summed E-state index contributed by atoms with van der Waals surface area (Å²) in [5.74, 6) is 0.0232. The summed E-state index contributed by atoms with van der Waals surface area (Å²) >= 11 is 0.876. The van der Waals surface area contributed by atoms with Crippen molar-refractivity contribution in [1.29, 1.82) is 0 Å². The van der Waals surface area contributed by atoms with Crippen molar-refractivity contribution < 1.29 is 23.8 Å². The minimum atomic E-state index is -2.62. The van der Waals surface area contributed by atoms with E-state index in [2.05, 4.69) is 0 Å². The average molecular weight is 276 g/mol. The lowest BCUT2D eigenvalue weighted by atomic mass is 10.0. The van der Waals surface area contributed by atoms with Gasteiger partial charge in [-0.1, -0.05) is 30.0 Å². The number of hydrogen-bond donors (Lipinski definition) is 2. The van der Waals surface area contributed by atoms with E-state index in [-0.39, 0.29) is 22.0 Å². The lowest BCUT2D eigenvalue weighted by Gasteiger charge is -2.18. The molecule has 0 aliphatic rings. The Morgan fingerprint density at radius 2 is 1.94 bits per heavy atom. The Morgan fingerprint density at radius 1 is 1.33 bits per heavy atom. The van der Waals surface area contributed by atoms with Crippen LogP contribution in [0.15, 0.2) is 24.3 Å². The number of carbonyl (C=O) groups excluding carboxylic acids is 1. The molecule has 1 aromatic carbocycles. The molecule has 3 nitrogen and oxygen atoms in total. The van der Waals surface area contributed by atoms with Gasteiger partial charge in [-0.2, -0.15) is 0 Å². The zero-order chi connectivity index (χ0) is 13.7. The molecule has 1 rings (SSSR count). The van der Waals surface area contributed by atoms with E-state index in [9.17, 15) is 23.8 Å². The third-order valence-electron chi connectivity index (χ3n) is 2.33. The standard InChI is InChI=1S/C12H14F2O3S/c1-7(15)18-6-10(16)11(17)8-3-2-4-9(5-8)12(13)14/h2-5,10-12,16-17H,6H2,1H3. The van der Waals surface area contributed by atoms with Crippen LogP contribution in [0.2, 0.25) is 0 Å². The molecular formula is C12H14F2O3S. The van der Waals surface area contributed by atoms with Crippen LogP contribution in [0, 0.1) is 0 Å². The maximum atomic E-state index is 12.5. The van der Waals surface area contributed by atoms with Gasteiger partial charge in [-0.3, -0.25) is 4.79 Å². The first-order valence-electron chi connectivity index (χ1n) is 5.29. The summed E-state index contributed by atoms with van der Waals surface area (Å²) in [5, 5.41) is 19.2. The SMILES string of the molecule is CC(=O)SCC(O)C(O)c1cccc(C(F)F)c1. The van der Waals surface area contributed by atoms with Crippen LogP contribution in [0.1, 0.15) is 30.6 Å². The molecule has 1 aromatic rings. The van der Waals surface area contributed by atoms with Crippen LogP contribution in [-0.4, -0.2) is 27.2 Å². The van der Waals surface area contributed by atoms with Gasteiger partial charge in [0.25, 0.3) is 6.43 Å². The van der Waals surface area contributed by atoms with Crippen LogP contribution in [0.5, 0.6) is 0 Å². The number of alkyl halides is 2. The van der Waals surface area contributed by atoms with Crippen molar-refractivity contribution in [1.82, 2.24) is 0 Å². The summed E-state index contributed by atoms with van der Waals surface area (Å²) in [6.07, 6.45) is -5.08. The highest BCUT2D eigenvalue weighted by atomic mass is 32.2. The number of rotatable bonds is 5. The van der Waals surface area contributed by atoms with Crippen molar-refractivity contribution in [2.45, 2.75) is 25.6 Å². The molecule has 0 heterocycles. The van der Waals surface area contributed by atoms with E-state index < -0.39 is 18.6 Å². The zero-order valence-corrected chi connectivity index (χ0v) is 10.5. The molecule has 0 aliphatic heterocycles. The second-order valence-electron chi connectivity index (χ2n) is 3.79. The normalized spacial score (nSPS) is 14.6. The fraction of sp³-hybridized carbons (Fsp3) is 0.417. The van der Waals surface area contributed by atoms with Gasteiger partial charge in [-0.05, 0) is 11.6 Å². The van der Waals surface area contributed by atoms with Gasteiger partial charge in [0, 0.05) is 18.2 Å². The summed E-state index contributed by atoms with van der Waals surface area (Å²) in [7, 11) is 0. The Balaban J connectivity index is 2.73. The maximum Gasteiger partial charge on any atom is 0.263 e. The highest BCUT2D eigenvalue weighted by Crippen LogP contribution is 2.25. The van der Waals surface area contributed by atoms with Crippen LogP contribution >= 0.6 is 11.8 Å². The maximum absolute atomic E-state index is 12.5. The van der Waals surface area contributed by atoms with Gasteiger partial charge in [0.2, 0.25) is 0 Å². The Morgan fingerprint density at radius 3 is 2.50 bits per heavy atom. The molecule has 0 aromatic heterocycles. The average Bonchev–Trinajstić information content (AvgIpc) is 2.35. The van der Waals surface area contributed by atoms with E-state index in [4.69, 9.17) is 0 Å². The summed E-state index contributed by atoms with van der Waals surface area (Å²) in [4.78, 5) is 10.7. The summed E-state index contributed by atoms with van der Waals surface area (Å²) in [6, 6.07) is 5.25. The van der Waals surface area contributed by atoms with Gasteiger partial charge in [0.1, 0.15) is 6.10 Å². The highest BCUT2D eigenvalue weighted by Gasteiger charge is 2.20. The van der Waals surface area contributed by atoms with Crippen molar-refractivity contribution in [2.24, 2.45) is 0 Å². The molecule has 100 valence electrons. The van der Waals surface area contributed by atoms with Crippen molar-refractivity contribution in [3.8, 4) is 0 Å². The number of halogens is 2. The summed E-state index contributed by atoms with van der Waals surface area (Å²) in [5.41, 5.74) is 0.00224. The molecule has 6 heteroatoms. The van der Waals surface area contributed by atoms with E-state index in [0.29, 0.717) is 0 Å². The van der Waals surface area contributed by atoms with E-state index in [1.54, 1.807) is 0 Å². The molecule has 0 aliphatic carbocycles. The Bertz CT molecular complexity index is 412. The Hall–Kier alpha value is -0.980. The number of aliphatic hydroxyl groups excluding tert-OH is 2. The minimum absolute atomic E-state index is 0.0232. The molecule has 0 bridgehead atoms. The zero-order valence-electron chi connectivity index (χ0n) is 9.72. The van der Waals surface area contributed by atoms with Gasteiger partial charge >= 0.3 is 0 Å². The molecule has 18 heavy (non-hydrogen) atoms. The van der Waals surface area contributed by atoms with Crippen molar-refractivity contribution in [2.75, 3.05) is 5.75 Å². The topological polar surface area (TPSA) is 57.5 Å². The van der Waals surface area contributed by atoms with Crippen LogP contribution in [0.3, 0.4) is 0 Å². The van der Waals surface area contributed by atoms with Crippen molar-refractivity contribution in [3.63, 3.8) is 0 Å². The molecule has 2 N–H and O–H groups in total. The van der Waals surface area contributed by atoms with E-state index in [1.807, 2.05) is 0 Å². The van der Waals surface area contributed by atoms with Crippen LogP contribution < -0.4 is 0 Å². The fourth-order valence-electron chi connectivity index (χ4n) is 1.39. The third kappa shape index (κ3) is 4.36. The second kappa shape index (κ2) is 6.82. The number of aliphatic hydroxyl groups is 2. The highest BCUT2D eigenvalue weighted by molar-refractivity contribution is 8.13. The number of hydrogen-bond acceptors (Lipinski definition) is 4. The van der Waals surface area contributed by atoms with Crippen molar-refractivity contribution >= 4 is 16.9 Å². The monoisotopic (exact) mass is 276 g/mol. The van der Waals surface area contributed by atoms with Gasteiger partial charge in [0.15, 0.2) is 5.12 Å². The van der Waals surface area contributed by atoms with Crippen LogP contribution in [0.4, 0.5) is 8.78 Å². The second-order valence-corrected chi connectivity index (χ2v) is 4.98. The molecular weight excluding hydrogens is 262 g/mol. The van der Waals surface area contributed by atoms with Crippen LogP contribution in [0.25, 0.3) is 0 Å². The lowest BCUT2D eigenvalue weighted by Crippen LogP contribution is -2.21. The fourth-order valence-corrected chi connectivity index (χ4v) is 1.98. The molecule has 0 saturated heterocycles. The number of thioether (sulfide) groups is 1. The Labute approximate surface area is 108 Å². The van der Waals surface area contributed by atoms with Gasteiger partial charge < -0.3 is 10.2 Å². The first kappa shape index (κ1) is 15.1. The van der Waals surface area contributed by atoms with E-state index in [0.717, 1.165) is 17.8 Å². The molecule has 0 saturated carbocycles. The molecule has 2 unspecified atom stereocenters. The molecule has 0 spiro atoms. The van der Waals surface area contributed by atoms with Gasteiger partial charge in [-0.25, -0.2) is 8.78 Å². The van der Waals surface area contributed by atoms with E-state index >= 15 is 0 Å². The predicted molar refractivity (Wildman–Crippen MR) is 65.5 cm³/mol. The number of benzene rings is 1. The smallest absolute Gasteiger partial charge is 0.263 e. The minimum Gasteiger partial charge on any atom is -0.389 e. The summed E-state index contributed by atoms with van der Waals surface area (Å²) in [6.45, 7) is 1.35. The number of carbonyl (C=O) groups is 1. The lowest BCUT2D eigenvalue weighted by molar-refractivity contribution is -0.109. The molecule has 0 amide bonds. The van der Waals surface area contributed by atoms with Gasteiger partial charge in [-0.15, -0.1) is 0 Å². The van der Waals surface area contributed by atoms with E-state index in [1.165, 1.54) is 25.1 Å². The first-order chi connectivity index (χ1) is 8.41. The van der Waals surface area contributed by atoms with Crippen molar-refractivity contribution in [3.05, 3.63) is 35.4 Å². The summed E-state index contributed by atoms with van der Waals surface area (Å²) < 4.78 is 24.9. The predicted octanol–water partition coefficient (Wildman–Crippen LogP) is 2.30. The Kier molecular flexibility index (Phi) is 5.71. The molecule has 0 radical (unpaired) electrons. The largest absolute Gasteiger partial charge is 0.389 e. The van der Waals surface area contributed by atoms with Crippen LogP contribution in [-0.2, 0) is 4.79 Å². The molecule has 0 fully saturated rings. The van der Waals surface area contributed by atoms with Gasteiger partial charge in [0.05, 0.1) is 6.10 Å². The first-order valence-corrected chi connectivity index (χ1v) is 6.28. The molecule has 2 atom stereocenters. The quantitative estimate of drug-likeness (QED) is 0.866.